The fourth-order valence-corrected chi connectivity index (χ4v) is 4.20. The van der Waals surface area contributed by atoms with Gasteiger partial charge in [-0.3, -0.25) is 14.5 Å². The van der Waals surface area contributed by atoms with Gasteiger partial charge < -0.3 is 9.47 Å². The molecule has 2 aromatic carbocycles. The predicted molar refractivity (Wildman–Crippen MR) is 97.3 cm³/mol. The number of carbonyl (C=O) groups is 2. The number of hydrogen-bond donors (Lipinski definition) is 0. The van der Waals surface area contributed by atoms with Crippen LogP contribution in [0.25, 0.3) is 0 Å². The highest BCUT2D eigenvalue weighted by molar-refractivity contribution is 6.33. The first kappa shape index (κ1) is 16.8. The third kappa shape index (κ3) is 2.01. The summed E-state index contributed by atoms with van der Waals surface area (Å²) >= 11 is 0. The molecule has 1 aliphatic carbocycles. The van der Waals surface area contributed by atoms with Gasteiger partial charge in [0.15, 0.2) is 28.6 Å². The molecule has 5 nitrogen and oxygen atoms in total. The van der Waals surface area contributed by atoms with Crippen molar-refractivity contribution in [3.63, 3.8) is 0 Å². The van der Waals surface area contributed by atoms with Gasteiger partial charge in [-0.1, -0.05) is 24.3 Å². The van der Waals surface area contributed by atoms with Crippen molar-refractivity contribution in [3.05, 3.63) is 58.7 Å². The van der Waals surface area contributed by atoms with Crippen LogP contribution in [0.5, 0.6) is 11.5 Å². The van der Waals surface area contributed by atoms with Crippen molar-refractivity contribution in [1.29, 1.82) is 0 Å². The van der Waals surface area contributed by atoms with E-state index >= 15 is 0 Å². The number of carbonyl (C=O) groups excluding carboxylic acids is 2. The average Bonchev–Trinajstić information content (AvgIpc) is 2.88. The zero-order valence-corrected chi connectivity index (χ0v) is 15.2. The van der Waals surface area contributed by atoms with Crippen LogP contribution in [-0.4, -0.2) is 43.8 Å². The number of fused-ring (bicyclic) bond motifs is 3. The molecule has 1 aliphatic heterocycles. The monoisotopic (exact) mass is 351 g/mol. The van der Waals surface area contributed by atoms with Gasteiger partial charge in [0.2, 0.25) is 0 Å². The van der Waals surface area contributed by atoms with Gasteiger partial charge in [0, 0.05) is 17.7 Å². The molecule has 0 unspecified atom stereocenters. The minimum atomic E-state index is -1.31. The summed E-state index contributed by atoms with van der Waals surface area (Å²) < 4.78 is 11.2. The van der Waals surface area contributed by atoms with Crippen molar-refractivity contribution >= 4 is 11.6 Å². The summed E-state index contributed by atoms with van der Waals surface area (Å²) in [7, 11) is 3.44. The molecular weight excluding hydrogens is 330 g/mol. The number of ether oxygens (including phenoxy) is 2. The Hall–Kier alpha value is -2.66. The van der Waals surface area contributed by atoms with Crippen LogP contribution in [0.15, 0.2) is 36.4 Å². The molecule has 0 amide bonds. The highest BCUT2D eigenvalue weighted by Gasteiger charge is 2.59. The number of nitrogens with zero attached hydrogens (tertiary/aromatic N) is 1. The second-order valence-electron chi connectivity index (χ2n) is 6.68. The number of benzene rings is 2. The Kier molecular flexibility index (Phi) is 3.84. The smallest absolute Gasteiger partial charge is 0.196 e. The molecule has 0 radical (unpaired) electrons. The van der Waals surface area contributed by atoms with Gasteiger partial charge in [-0.2, -0.15) is 0 Å². The molecule has 0 saturated carbocycles. The first-order valence-corrected chi connectivity index (χ1v) is 8.79. The van der Waals surface area contributed by atoms with E-state index in [2.05, 4.69) is 0 Å². The Bertz CT molecular complexity index is 883. The Morgan fingerprint density at radius 3 is 2.31 bits per heavy atom. The van der Waals surface area contributed by atoms with Crippen molar-refractivity contribution < 1.29 is 19.1 Å². The van der Waals surface area contributed by atoms with E-state index < -0.39 is 5.54 Å². The Balaban J connectivity index is 1.99. The van der Waals surface area contributed by atoms with Crippen LogP contribution in [0.4, 0.5) is 0 Å². The van der Waals surface area contributed by atoms with Crippen molar-refractivity contribution in [2.45, 2.75) is 18.9 Å². The van der Waals surface area contributed by atoms with E-state index in [0.717, 1.165) is 12.0 Å². The summed E-state index contributed by atoms with van der Waals surface area (Å²) in [6.07, 6.45) is 0.743. The number of Topliss-reactive ketones (excluding diaryl/α,β-unsaturated/α-hetero) is 2. The Morgan fingerprint density at radius 2 is 1.73 bits per heavy atom. The lowest BCUT2D eigenvalue weighted by Gasteiger charge is -2.41. The third-order valence-electron chi connectivity index (χ3n) is 5.44. The maximum Gasteiger partial charge on any atom is 0.196 e. The van der Waals surface area contributed by atoms with E-state index in [4.69, 9.17) is 9.47 Å². The summed E-state index contributed by atoms with van der Waals surface area (Å²) in [6, 6.07) is 10.8. The second-order valence-corrected chi connectivity index (χ2v) is 6.68. The van der Waals surface area contributed by atoms with Gasteiger partial charge >= 0.3 is 0 Å². The molecule has 1 heterocycles. The van der Waals surface area contributed by atoms with Gasteiger partial charge in [0.1, 0.15) is 0 Å². The summed E-state index contributed by atoms with van der Waals surface area (Å²) in [5, 5.41) is 0. The van der Waals surface area contributed by atoms with E-state index in [-0.39, 0.29) is 11.6 Å². The summed E-state index contributed by atoms with van der Waals surface area (Å²) in [5.74, 6) is 0.865. The van der Waals surface area contributed by atoms with E-state index in [1.54, 1.807) is 31.4 Å². The molecule has 5 heteroatoms. The molecule has 1 spiro atoms. The fourth-order valence-electron chi connectivity index (χ4n) is 4.20. The number of ketones is 2. The van der Waals surface area contributed by atoms with Crippen LogP contribution < -0.4 is 9.47 Å². The lowest BCUT2D eigenvalue weighted by Crippen LogP contribution is -2.55. The molecule has 2 aliphatic rings. The zero-order valence-electron chi connectivity index (χ0n) is 15.2. The van der Waals surface area contributed by atoms with Crippen LogP contribution in [0.1, 0.15) is 38.8 Å². The highest BCUT2D eigenvalue weighted by Crippen LogP contribution is 2.47. The van der Waals surface area contributed by atoms with Crippen molar-refractivity contribution in [3.8, 4) is 11.5 Å². The molecule has 0 N–H and O–H groups in total. The Labute approximate surface area is 152 Å². The second kappa shape index (κ2) is 5.95. The van der Waals surface area contributed by atoms with Gasteiger partial charge in [0.05, 0.1) is 13.7 Å². The van der Waals surface area contributed by atoms with E-state index in [0.29, 0.717) is 41.3 Å². The summed E-state index contributed by atoms with van der Waals surface area (Å²) in [6.45, 7) is 2.98. The third-order valence-corrected chi connectivity index (χ3v) is 5.44. The maximum absolute atomic E-state index is 13.4. The van der Waals surface area contributed by atoms with Crippen molar-refractivity contribution in [1.82, 2.24) is 4.90 Å². The zero-order chi connectivity index (χ0) is 18.5. The van der Waals surface area contributed by atoms with Crippen molar-refractivity contribution in [2.75, 3.05) is 27.3 Å². The molecule has 0 atom stereocenters. The van der Waals surface area contributed by atoms with Crippen molar-refractivity contribution in [2.24, 2.45) is 0 Å². The van der Waals surface area contributed by atoms with Gasteiger partial charge in [0.25, 0.3) is 0 Å². The summed E-state index contributed by atoms with van der Waals surface area (Å²) in [5.41, 5.74) is 1.34. The minimum absolute atomic E-state index is 0.158. The lowest BCUT2D eigenvalue weighted by atomic mass is 9.77. The topological polar surface area (TPSA) is 55.8 Å². The normalized spacial score (nSPS) is 18.0. The van der Waals surface area contributed by atoms with Crippen LogP contribution in [0, 0.1) is 0 Å². The number of hydrogen-bond acceptors (Lipinski definition) is 5. The molecular formula is C21H21NO4. The van der Waals surface area contributed by atoms with E-state index in [9.17, 15) is 9.59 Å². The number of methoxy groups -OCH3 is 1. The quantitative estimate of drug-likeness (QED) is 0.796. The van der Waals surface area contributed by atoms with Crippen LogP contribution >= 0.6 is 0 Å². The molecule has 26 heavy (non-hydrogen) atoms. The van der Waals surface area contributed by atoms with Gasteiger partial charge in [-0.15, -0.1) is 0 Å². The van der Waals surface area contributed by atoms with E-state index in [1.165, 1.54) is 0 Å². The Morgan fingerprint density at radius 1 is 1.08 bits per heavy atom. The van der Waals surface area contributed by atoms with Crippen LogP contribution in [0.3, 0.4) is 0 Å². The van der Waals surface area contributed by atoms with Crippen LogP contribution in [-0.2, 0) is 12.0 Å². The molecule has 0 saturated heterocycles. The lowest BCUT2D eigenvalue weighted by molar-refractivity contribution is 0.0518. The standard InChI is InChI=1S/C21H21NO4/c1-4-26-18-12-16-13(11-17(18)25-3)9-10-22(2)21(16)19(23)14-7-5-6-8-15(14)20(21)24/h5-8,11-12H,4,9-10H2,1-3H3. The molecule has 0 aromatic heterocycles. The van der Waals surface area contributed by atoms with Gasteiger partial charge in [-0.25, -0.2) is 0 Å². The highest BCUT2D eigenvalue weighted by atomic mass is 16.5. The fraction of sp³-hybridized carbons (Fsp3) is 0.333. The molecule has 4 rings (SSSR count). The number of likely N-dealkylation sites (N-methyl/N-ethyl adjacent to an activating group) is 1. The SMILES string of the molecule is CCOc1cc2c(cc1OC)CCN(C)C21C(=O)c2ccccc2C1=O. The largest absolute Gasteiger partial charge is 0.493 e. The molecule has 134 valence electrons. The average molecular weight is 351 g/mol. The molecule has 0 bridgehead atoms. The predicted octanol–water partition coefficient (Wildman–Crippen LogP) is 2.86. The molecule has 2 aromatic rings. The van der Waals surface area contributed by atoms with E-state index in [1.807, 2.05) is 31.0 Å². The first-order chi connectivity index (χ1) is 12.6. The maximum atomic E-state index is 13.4. The molecule has 0 fully saturated rings. The minimum Gasteiger partial charge on any atom is -0.493 e. The first-order valence-electron chi connectivity index (χ1n) is 8.79. The number of rotatable bonds is 3. The van der Waals surface area contributed by atoms with Gasteiger partial charge in [-0.05, 0) is 43.7 Å². The summed E-state index contributed by atoms with van der Waals surface area (Å²) in [4.78, 5) is 28.8. The van der Waals surface area contributed by atoms with Crippen LogP contribution in [0.2, 0.25) is 0 Å².